The maximum Gasteiger partial charge on any atom is 0.280 e. The maximum atomic E-state index is 13.7. The molecule has 178 valence electrons. The number of aromatic nitrogens is 2. The van der Waals surface area contributed by atoms with E-state index in [1.807, 2.05) is 12.1 Å². The van der Waals surface area contributed by atoms with Gasteiger partial charge in [-0.15, -0.1) is 0 Å². The summed E-state index contributed by atoms with van der Waals surface area (Å²) < 4.78 is 16.1. The lowest BCUT2D eigenvalue weighted by atomic mass is 10.1. The Morgan fingerprint density at radius 2 is 1.39 bits per heavy atom. The van der Waals surface area contributed by atoms with Gasteiger partial charge in [0.2, 0.25) is 5.88 Å². The summed E-state index contributed by atoms with van der Waals surface area (Å²) in [5, 5.41) is 16.7. The summed E-state index contributed by atoms with van der Waals surface area (Å²) in [5.74, 6) is -1.36. The van der Waals surface area contributed by atoms with Gasteiger partial charge in [-0.05, 0) is 73.7 Å². The Morgan fingerprint density at radius 3 is 1.97 bits per heavy atom. The van der Waals surface area contributed by atoms with Crippen molar-refractivity contribution < 1.29 is 14.3 Å². The second kappa shape index (κ2) is 9.20. The average Bonchev–Trinajstić information content (AvgIpc) is 3.16. The summed E-state index contributed by atoms with van der Waals surface area (Å²) in [5.41, 5.74) is 1.15. The number of amides is 1. The normalized spacial score (nSPS) is 14.4. The van der Waals surface area contributed by atoms with Gasteiger partial charge in [0.1, 0.15) is 11.4 Å². The van der Waals surface area contributed by atoms with Crippen LogP contribution in [0.25, 0.3) is 17.5 Å². The van der Waals surface area contributed by atoms with Crippen LogP contribution in [0, 0.1) is 10.6 Å². The monoisotopic (exact) mass is 498 g/mol. The third kappa shape index (κ3) is 3.95. The first-order chi connectivity index (χ1) is 17.4. The maximum absolute atomic E-state index is 13.7. The number of aromatic hydroxyl groups is 1. The third-order valence-electron chi connectivity index (χ3n) is 5.72. The number of hydrazone groups is 1. The number of carbonyl (C=O) groups is 1. The first-order valence-electron chi connectivity index (χ1n) is 11.0. The third-order valence-corrected chi connectivity index (χ3v) is 6.09. The van der Waals surface area contributed by atoms with Gasteiger partial charge in [-0.1, -0.05) is 36.4 Å². The number of halogens is 1. The highest BCUT2D eigenvalue weighted by atomic mass is 32.1. The molecule has 0 bridgehead atoms. The van der Waals surface area contributed by atoms with E-state index in [0.717, 1.165) is 5.01 Å². The van der Waals surface area contributed by atoms with Crippen molar-refractivity contribution in [1.82, 2.24) is 9.13 Å². The molecule has 5 rings (SSSR count). The molecule has 1 aromatic heterocycles. The first-order valence-corrected chi connectivity index (χ1v) is 11.4. The fourth-order valence-corrected chi connectivity index (χ4v) is 4.32. The van der Waals surface area contributed by atoms with E-state index in [2.05, 4.69) is 5.10 Å². The summed E-state index contributed by atoms with van der Waals surface area (Å²) in [4.78, 5) is 26.9. The van der Waals surface area contributed by atoms with Crippen LogP contribution in [0.4, 0.5) is 10.1 Å². The molecular weight excluding hydrogens is 479 g/mol. The van der Waals surface area contributed by atoms with Crippen LogP contribution in [0.15, 0.2) is 100 Å². The molecule has 0 fully saturated rings. The van der Waals surface area contributed by atoms with Gasteiger partial charge < -0.3 is 5.11 Å². The zero-order chi connectivity index (χ0) is 25.4. The molecule has 0 aliphatic carbocycles. The number of carbonyl (C=O) groups excluding carboxylic acids is 1. The molecule has 7 nitrogen and oxygen atoms in total. The van der Waals surface area contributed by atoms with E-state index in [9.17, 15) is 19.1 Å². The Kier molecular flexibility index (Phi) is 5.91. The van der Waals surface area contributed by atoms with Gasteiger partial charge in [-0.2, -0.15) is 10.1 Å². The summed E-state index contributed by atoms with van der Waals surface area (Å²) in [7, 11) is 0. The smallest absolute Gasteiger partial charge is 0.280 e. The van der Waals surface area contributed by atoms with Crippen molar-refractivity contribution in [3.8, 4) is 17.3 Å². The number of hydrogen-bond donors (Lipinski definition) is 1. The van der Waals surface area contributed by atoms with E-state index in [1.54, 1.807) is 55.5 Å². The molecule has 0 unspecified atom stereocenters. The van der Waals surface area contributed by atoms with E-state index in [-0.39, 0.29) is 15.9 Å². The van der Waals surface area contributed by atoms with Crippen LogP contribution in [0.2, 0.25) is 0 Å². The van der Waals surface area contributed by atoms with Crippen LogP contribution in [-0.4, -0.2) is 25.9 Å². The number of nitrogens with zero attached hydrogens (tertiary/aromatic N) is 4. The van der Waals surface area contributed by atoms with Gasteiger partial charge in [-0.3, -0.25) is 18.7 Å². The van der Waals surface area contributed by atoms with Crippen LogP contribution in [0.1, 0.15) is 12.5 Å². The van der Waals surface area contributed by atoms with Gasteiger partial charge in [0, 0.05) is 0 Å². The van der Waals surface area contributed by atoms with Gasteiger partial charge in [-0.25, -0.2) is 4.39 Å². The molecule has 2 heterocycles. The molecule has 1 aliphatic heterocycles. The van der Waals surface area contributed by atoms with Crippen LogP contribution in [-0.2, 0) is 4.79 Å². The quantitative estimate of drug-likeness (QED) is 0.317. The second-order valence-corrected chi connectivity index (χ2v) is 8.37. The molecule has 1 aliphatic rings. The highest BCUT2D eigenvalue weighted by Crippen LogP contribution is 2.28. The van der Waals surface area contributed by atoms with Gasteiger partial charge in [0.15, 0.2) is 4.77 Å². The number of benzene rings is 3. The number of hydrogen-bond acceptors (Lipinski definition) is 5. The molecule has 3 aromatic carbocycles. The number of para-hydroxylation sites is 2. The second-order valence-electron chi connectivity index (χ2n) is 8.00. The highest BCUT2D eigenvalue weighted by molar-refractivity contribution is 7.71. The topological polar surface area (TPSA) is 79.8 Å². The van der Waals surface area contributed by atoms with Crippen molar-refractivity contribution in [3.63, 3.8) is 0 Å². The summed E-state index contributed by atoms with van der Waals surface area (Å²) in [6, 6.07) is 23.0. The van der Waals surface area contributed by atoms with Crippen molar-refractivity contribution in [3.05, 3.63) is 117 Å². The van der Waals surface area contributed by atoms with E-state index in [0.29, 0.717) is 22.8 Å². The standard InChI is InChI=1S/C27H19FN4O3S/c1-17-22(26(35)32(29-17)21-14-12-18(28)13-15-21)16-23-24(33)30(19-8-4-2-5-9-19)27(36)31(25(23)34)20-10-6-3-7-11-20/h2-16,33H,1H3/b22-16-. The fourth-order valence-electron chi connectivity index (χ4n) is 3.94. The minimum absolute atomic E-state index is 0.0631. The summed E-state index contributed by atoms with van der Waals surface area (Å²) in [6.07, 6.45) is 1.32. The van der Waals surface area contributed by atoms with E-state index >= 15 is 0 Å². The Morgan fingerprint density at radius 1 is 0.833 bits per heavy atom. The zero-order valence-corrected chi connectivity index (χ0v) is 19.8. The lowest BCUT2D eigenvalue weighted by molar-refractivity contribution is -0.114. The van der Waals surface area contributed by atoms with Crippen molar-refractivity contribution in [1.29, 1.82) is 0 Å². The van der Waals surface area contributed by atoms with Crippen molar-refractivity contribution in [2.24, 2.45) is 5.10 Å². The molecule has 1 amide bonds. The minimum atomic E-state index is -0.593. The molecular formula is C27H19FN4O3S. The largest absolute Gasteiger partial charge is 0.494 e. The van der Waals surface area contributed by atoms with Crippen LogP contribution in [0.5, 0.6) is 5.88 Å². The zero-order valence-electron chi connectivity index (χ0n) is 19.0. The predicted molar refractivity (Wildman–Crippen MR) is 139 cm³/mol. The number of rotatable bonds is 4. The molecule has 0 radical (unpaired) electrons. The van der Waals surface area contributed by atoms with Crippen LogP contribution in [0.3, 0.4) is 0 Å². The van der Waals surface area contributed by atoms with Crippen molar-refractivity contribution in [2.45, 2.75) is 6.92 Å². The number of anilines is 1. The highest BCUT2D eigenvalue weighted by Gasteiger charge is 2.30. The lowest BCUT2D eigenvalue weighted by Gasteiger charge is -2.17. The Labute approximate surface area is 210 Å². The van der Waals surface area contributed by atoms with E-state index < -0.39 is 23.2 Å². The Bertz CT molecular complexity index is 1660. The molecule has 0 spiro atoms. The van der Waals surface area contributed by atoms with Gasteiger partial charge in [0.25, 0.3) is 11.5 Å². The minimum Gasteiger partial charge on any atom is -0.494 e. The van der Waals surface area contributed by atoms with E-state index in [4.69, 9.17) is 12.2 Å². The SMILES string of the molecule is CC1=NN(c2ccc(F)cc2)C(=O)/C1=C\c1c(O)n(-c2ccccc2)c(=S)n(-c2ccccc2)c1=O. The molecule has 0 saturated carbocycles. The summed E-state index contributed by atoms with van der Waals surface area (Å²) in [6.45, 7) is 1.62. The first kappa shape index (κ1) is 23.1. The molecule has 1 N–H and O–H groups in total. The van der Waals surface area contributed by atoms with Crippen LogP contribution < -0.4 is 10.6 Å². The van der Waals surface area contributed by atoms with Crippen molar-refractivity contribution in [2.75, 3.05) is 5.01 Å². The average molecular weight is 499 g/mol. The molecule has 4 aromatic rings. The lowest BCUT2D eigenvalue weighted by Crippen LogP contribution is -2.26. The molecule has 0 saturated heterocycles. The molecule has 9 heteroatoms. The van der Waals surface area contributed by atoms with Crippen molar-refractivity contribution >= 4 is 35.6 Å². The fraction of sp³-hybridized carbons (Fsp3) is 0.0370. The Hall–Kier alpha value is -4.63. The van der Waals surface area contributed by atoms with Gasteiger partial charge in [0.05, 0.1) is 28.3 Å². The van der Waals surface area contributed by atoms with Crippen LogP contribution >= 0.6 is 12.2 Å². The molecule has 0 atom stereocenters. The predicted octanol–water partition coefficient (Wildman–Crippen LogP) is 5.01. The van der Waals surface area contributed by atoms with E-state index in [1.165, 1.54) is 39.5 Å². The molecule has 36 heavy (non-hydrogen) atoms. The Balaban J connectivity index is 1.73. The van der Waals surface area contributed by atoms with Gasteiger partial charge >= 0.3 is 0 Å². The summed E-state index contributed by atoms with van der Waals surface area (Å²) >= 11 is 5.63.